The van der Waals surface area contributed by atoms with Gasteiger partial charge in [0, 0.05) is 17.6 Å². The van der Waals surface area contributed by atoms with Crippen LogP contribution >= 0.6 is 0 Å². The molecule has 1 aliphatic carbocycles. The second-order valence-corrected chi connectivity index (χ2v) is 6.91. The van der Waals surface area contributed by atoms with Crippen molar-refractivity contribution >= 4 is 0 Å². The first kappa shape index (κ1) is 14.9. The summed E-state index contributed by atoms with van der Waals surface area (Å²) < 4.78 is 11.8. The molecule has 0 radical (unpaired) electrons. The van der Waals surface area contributed by atoms with E-state index in [0.29, 0.717) is 0 Å². The summed E-state index contributed by atoms with van der Waals surface area (Å²) in [5.41, 5.74) is 2.63. The van der Waals surface area contributed by atoms with Gasteiger partial charge in [-0.1, -0.05) is 31.4 Å². The number of morpholine rings is 1. The summed E-state index contributed by atoms with van der Waals surface area (Å²) in [5.74, 6) is 1.74. The molecule has 21 heavy (non-hydrogen) atoms. The first-order valence-corrected chi connectivity index (χ1v) is 8.13. The largest absolute Gasteiger partial charge is 0.496 e. The third-order valence-corrected chi connectivity index (χ3v) is 5.05. The fourth-order valence-corrected chi connectivity index (χ4v) is 3.94. The predicted octanol–water partition coefficient (Wildman–Crippen LogP) is 3.61. The van der Waals surface area contributed by atoms with Crippen molar-refractivity contribution in [2.24, 2.45) is 5.92 Å². The molecule has 116 valence electrons. The molecule has 2 aliphatic rings. The number of ether oxygens (including phenoxy) is 2. The lowest BCUT2D eigenvalue weighted by Crippen LogP contribution is -2.57. The number of hydrogen-bond donors (Lipinski definition) is 1. The lowest BCUT2D eigenvalue weighted by Gasteiger charge is -2.45. The van der Waals surface area contributed by atoms with Crippen molar-refractivity contribution in [2.75, 3.05) is 20.3 Å². The van der Waals surface area contributed by atoms with E-state index in [1.165, 1.54) is 36.8 Å². The fraction of sp³-hybridized carbons (Fsp3) is 0.667. The van der Waals surface area contributed by atoms with Crippen molar-refractivity contribution in [3.05, 3.63) is 29.3 Å². The highest BCUT2D eigenvalue weighted by Gasteiger charge is 2.39. The van der Waals surface area contributed by atoms with Crippen molar-refractivity contribution in [3.8, 4) is 5.75 Å². The molecule has 3 unspecified atom stereocenters. The third kappa shape index (κ3) is 3.09. The van der Waals surface area contributed by atoms with E-state index < -0.39 is 0 Å². The van der Waals surface area contributed by atoms with Gasteiger partial charge in [0.15, 0.2) is 0 Å². The predicted molar refractivity (Wildman–Crippen MR) is 84.8 cm³/mol. The van der Waals surface area contributed by atoms with E-state index in [4.69, 9.17) is 9.47 Å². The molecule has 3 rings (SSSR count). The van der Waals surface area contributed by atoms with Gasteiger partial charge in [0.2, 0.25) is 0 Å². The van der Waals surface area contributed by atoms with Crippen molar-refractivity contribution in [1.29, 1.82) is 0 Å². The molecule has 1 saturated carbocycles. The molecule has 2 fully saturated rings. The van der Waals surface area contributed by atoms with Gasteiger partial charge in [0.1, 0.15) is 5.75 Å². The Balaban J connectivity index is 1.72. The molecule has 1 aromatic rings. The van der Waals surface area contributed by atoms with E-state index in [-0.39, 0.29) is 11.6 Å². The van der Waals surface area contributed by atoms with Crippen LogP contribution < -0.4 is 10.1 Å². The number of rotatable bonds is 2. The second-order valence-electron chi connectivity index (χ2n) is 6.91. The molecular formula is C18H27NO2. The van der Waals surface area contributed by atoms with Gasteiger partial charge < -0.3 is 14.8 Å². The van der Waals surface area contributed by atoms with E-state index in [0.717, 1.165) is 24.8 Å². The van der Waals surface area contributed by atoms with Crippen LogP contribution in [-0.2, 0) is 4.74 Å². The number of aryl methyl sites for hydroxylation is 1. The van der Waals surface area contributed by atoms with E-state index >= 15 is 0 Å². The Bertz CT molecular complexity index is 492. The Morgan fingerprint density at radius 1 is 1.38 bits per heavy atom. The van der Waals surface area contributed by atoms with Crippen LogP contribution in [0.4, 0.5) is 0 Å². The molecule has 1 aromatic carbocycles. The van der Waals surface area contributed by atoms with Crippen LogP contribution in [0.25, 0.3) is 0 Å². The zero-order valence-electron chi connectivity index (χ0n) is 13.4. The summed E-state index contributed by atoms with van der Waals surface area (Å²) >= 11 is 0. The molecule has 0 amide bonds. The van der Waals surface area contributed by atoms with E-state index in [1.54, 1.807) is 7.11 Å². The normalized spacial score (nSPS) is 33.1. The first-order chi connectivity index (χ1) is 10.1. The Hall–Kier alpha value is -1.06. The maximum absolute atomic E-state index is 6.26. The Morgan fingerprint density at radius 2 is 2.24 bits per heavy atom. The molecule has 0 bridgehead atoms. The number of methoxy groups -OCH3 is 1. The number of benzene rings is 1. The Morgan fingerprint density at radius 3 is 2.90 bits per heavy atom. The molecular weight excluding hydrogens is 262 g/mol. The summed E-state index contributed by atoms with van der Waals surface area (Å²) in [4.78, 5) is 0. The Kier molecular flexibility index (Phi) is 4.23. The summed E-state index contributed by atoms with van der Waals surface area (Å²) in [6, 6.07) is 6.32. The van der Waals surface area contributed by atoms with Crippen LogP contribution in [0.1, 0.15) is 49.8 Å². The molecule has 3 atom stereocenters. The zero-order valence-corrected chi connectivity index (χ0v) is 13.4. The smallest absolute Gasteiger partial charge is 0.124 e. The van der Waals surface area contributed by atoms with E-state index in [9.17, 15) is 0 Å². The topological polar surface area (TPSA) is 30.5 Å². The van der Waals surface area contributed by atoms with Crippen LogP contribution in [0.5, 0.6) is 5.75 Å². The van der Waals surface area contributed by atoms with Gasteiger partial charge in [0.25, 0.3) is 0 Å². The van der Waals surface area contributed by atoms with Gasteiger partial charge in [-0.05, 0) is 37.8 Å². The lowest BCUT2D eigenvalue weighted by molar-refractivity contribution is -0.0534. The molecule has 1 spiro atoms. The average Bonchev–Trinajstić information content (AvgIpc) is 2.48. The number of hydrogen-bond acceptors (Lipinski definition) is 3. The highest BCUT2D eigenvalue weighted by atomic mass is 16.5. The van der Waals surface area contributed by atoms with Gasteiger partial charge in [-0.3, -0.25) is 0 Å². The van der Waals surface area contributed by atoms with Gasteiger partial charge >= 0.3 is 0 Å². The summed E-state index contributed by atoms with van der Waals surface area (Å²) in [5, 5.41) is 3.80. The maximum Gasteiger partial charge on any atom is 0.124 e. The van der Waals surface area contributed by atoms with Crippen molar-refractivity contribution < 1.29 is 9.47 Å². The molecule has 1 N–H and O–H groups in total. The minimum absolute atomic E-state index is 0.0997. The van der Waals surface area contributed by atoms with Crippen molar-refractivity contribution in [1.82, 2.24) is 5.32 Å². The number of nitrogens with one attached hydrogen (secondary N) is 1. The van der Waals surface area contributed by atoms with Crippen molar-refractivity contribution in [2.45, 2.75) is 51.2 Å². The zero-order chi connectivity index (χ0) is 14.9. The minimum atomic E-state index is 0.0997. The van der Waals surface area contributed by atoms with Gasteiger partial charge in [0.05, 0.1) is 19.8 Å². The van der Waals surface area contributed by atoms with Crippen molar-refractivity contribution in [3.63, 3.8) is 0 Å². The van der Waals surface area contributed by atoms with Gasteiger partial charge in [-0.2, -0.15) is 0 Å². The summed E-state index contributed by atoms with van der Waals surface area (Å²) in [6.45, 7) is 6.17. The molecule has 1 aliphatic heterocycles. The quantitative estimate of drug-likeness (QED) is 0.902. The van der Waals surface area contributed by atoms with Gasteiger partial charge in [-0.15, -0.1) is 0 Å². The molecule has 1 heterocycles. The monoisotopic (exact) mass is 289 g/mol. The van der Waals surface area contributed by atoms with Gasteiger partial charge in [-0.25, -0.2) is 0 Å². The van der Waals surface area contributed by atoms with Crippen LogP contribution in [0.15, 0.2) is 18.2 Å². The molecule has 0 aromatic heterocycles. The lowest BCUT2D eigenvalue weighted by atomic mass is 9.76. The third-order valence-electron chi connectivity index (χ3n) is 5.05. The highest BCUT2D eigenvalue weighted by Crippen LogP contribution is 2.38. The summed E-state index contributed by atoms with van der Waals surface area (Å²) in [6.07, 6.45) is 5.26. The first-order valence-electron chi connectivity index (χ1n) is 8.13. The highest BCUT2D eigenvalue weighted by molar-refractivity contribution is 5.39. The SMILES string of the molecule is COc1ccc(C)cc1C1CNC2(CCCC(C)C2)CO1. The van der Waals surface area contributed by atoms with Crippen LogP contribution in [0.3, 0.4) is 0 Å². The van der Waals surface area contributed by atoms with Crippen LogP contribution in [-0.4, -0.2) is 25.8 Å². The van der Waals surface area contributed by atoms with Crippen LogP contribution in [0, 0.1) is 12.8 Å². The standard InChI is InChI=1S/C18H27NO2/c1-13-6-7-16(20-3)15(9-13)17-11-19-18(12-21-17)8-4-5-14(2)10-18/h6-7,9,14,17,19H,4-5,8,10-12H2,1-3H3. The Labute approximate surface area is 128 Å². The minimum Gasteiger partial charge on any atom is -0.496 e. The van der Waals surface area contributed by atoms with E-state index in [2.05, 4.69) is 31.3 Å². The second kappa shape index (κ2) is 5.98. The van der Waals surface area contributed by atoms with E-state index in [1.807, 2.05) is 6.07 Å². The fourth-order valence-electron chi connectivity index (χ4n) is 3.94. The average molecular weight is 289 g/mol. The molecule has 3 heteroatoms. The van der Waals surface area contributed by atoms with Crippen LogP contribution in [0.2, 0.25) is 0 Å². The molecule has 1 saturated heterocycles. The molecule has 3 nitrogen and oxygen atoms in total. The summed E-state index contributed by atoms with van der Waals surface area (Å²) in [7, 11) is 1.73. The maximum atomic E-state index is 6.26.